The molecule has 1 radical (unpaired) electrons. The molecule has 0 N–H and O–H groups in total. The van der Waals surface area contributed by atoms with E-state index in [1.807, 2.05) is 0 Å². The van der Waals surface area contributed by atoms with E-state index in [4.69, 9.17) is 191 Å². The third-order valence-electron chi connectivity index (χ3n) is 10.3. The molecule has 0 aromatic heterocycles. The Balaban J connectivity index is 1.73. The summed E-state index contributed by atoms with van der Waals surface area (Å²) in [5.41, 5.74) is -0.642. The summed E-state index contributed by atoms with van der Waals surface area (Å²) in [5.74, 6) is -7.56. The van der Waals surface area contributed by atoms with Gasteiger partial charge in [-0.2, -0.15) is 0 Å². The number of esters is 7. The van der Waals surface area contributed by atoms with Crippen LogP contribution in [-0.4, -0.2) is 116 Å². The third kappa shape index (κ3) is 14.9. The van der Waals surface area contributed by atoms with Gasteiger partial charge in [0.15, 0.2) is 36.5 Å². The smallest absolute Gasteiger partial charge is 0.303 e. The number of ether oxygens (including phenoxy) is 11. The van der Waals surface area contributed by atoms with Gasteiger partial charge in [0.1, 0.15) is 41.6 Å². The maximum atomic E-state index is 13.1. The second-order valence-corrected chi connectivity index (χ2v) is 20.5. The van der Waals surface area contributed by atoms with Gasteiger partial charge in [0.25, 0.3) is 0 Å². The fraction of sp³-hybridized carbons (Fsp3) is 0.422. The van der Waals surface area contributed by atoms with Crippen LogP contribution in [0.1, 0.15) is 65.2 Å². The van der Waals surface area contributed by atoms with Gasteiger partial charge in [-0.3, -0.25) is 33.6 Å². The lowest BCUT2D eigenvalue weighted by atomic mass is 9.84. The molecule has 18 nitrogen and oxygen atoms in total. The van der Waals surface area contributed by atoms with E-state index in [1.54, 1.807) is 0 Å². The van der Waals surface area contributed by atoms with E-state index in [-0.39, 0.29) is 62.8 Å². The van der Waals surface area contributed by atoms with Crippen molar-refractivity contribution in [3.8, 4) is 5.75 Å². The minimum Gasteiger partial charge on any atom is -0.463 e. The van der Waals surface area contributed by atoms with Gasteiger partial charge in [-0.1, -0.05) is 139 Å². The highest BCUT2D eigenvalue weighted by Crippen LogP contribution is 2.57. The predicted octanol–water partition coefficient (Wildman–Crippen LogP) is 11.5. The van der Waals surface area contributed by atoms with E-state index in [0.29, 0.717) is 0 Å². The van der Waals surface area contributed by atoms with Gasteiger partial charge in [0.05, 0.1) is 56.1 Å². The Labute approximate surface area is 486 Å². The van der Waals surface area contributed by atoms with Crippen LogP contribution in [0.25, 0.3) is 0 Å². The molecule has 0 saturated carbocycles. The van der Waals surface area contributed by atoms with Crippen LogP contribution in [0.15, 0.2) is 12.1 Å². The van der Waals surface area contributed by atoms with Gasteiger partial charge in [-0.05, 0) is 12.1 Å². The van der Waals surface area contributed by atoms with Gasteiger partial charge in [-0.25, -0.2) is 0 Å². The van der Waals surface area contributed by atoms with E-state index < -0.39 is 142 Å². The van der Waals surface area contributed by atoms with Crippen LogP contribution in [0.3, 0.4) is 0 Å². The normalized spacial score (nSPS) is 23.4. The molecule has 2 saturated heterocycles. The highest BCUT2D eigenvalue weighted by molar-refractivity contribution is 6.52. The van der Waals surface area contributed by atoms with Gasteiger partial charge in [0.2, 0.25) is 12.4 Å². The zero-order valence-electron chi connectivity index (χ0n) is 39.2. The largest absolute Gasteiger partial charge is 0.463 e. The second kappa shape index (κ2) is 26.8. The number of carbonyl (C=O) groups is 7. The average molecular weight is 1290 g/mol. The summed E-state index contributed by atoms with van der Waals surface area (Å²) < 4.78 is 63.6. The lowest BCUT2D eigenvalue weighted by Crippen LogP contribution is -2.67. The Hall–Kier alpha value is -2.89. The molecule has 2 heterocycles. The Morgan fingerprint density at radius 3 is 1.07 bits per heavy atom. The van der Waals surface area contributed by atoms with Crippen molar-refractivity contribution in [2.45, 2.75) is 110 Å². The fourth-order valence-electron chi connectivity index (χ4n) is 7.58. The van der Waals surface area contributed by atoms with E-state index in [1.165, 1.54) is 12.1 Å². The van der Waals surface area contributed by atoms with Gasteiger partial charge < -0.3 is 52.1 Å². The molecular weight excluding hydrogens is 1250 g/mol. The van der Waals surface area contributed by atoms with Crippen LogP contribution < -0.4 is 4.74 Å². The monoisotopic (exact) mass is 1280 g/mol. The lowest BCUT2D eigenvalue weighted by Gasteiger charge is -2.48. The standard InChI is InChI=1S/C45H37Cl12O18/c1-12(58)65-10-23-37(67-14(3)60)40(68-15(4)61)42(70-17(6)63)44(72-23)74-38-24(11-66-13(2)59)73-45(43(71-18(7)64)41(38)69-16(5)62)75-39-35(56)33(54)28(34(55)36(39)57)25(26-29(50)19(46)8-20(47)30(26)51)27-31(52)21(48)9-22(49)32(27)53/h8-9,23-24,37-38,40-45H,10-11H2,1-7H3/t23-,24-,37-,38-,40+,41+,42-,43-,44-,45?/m1/s1. The first kappa shape index (κ1) is 62.9. The minimum absolute atomic E-state index is 0.128. The Bertz CT molecular complexity index is 2620. The summed E-state index contributed by atoms with van der Waals surface area (Å²) in [6.45, 7) is 5.49. The summed E-state index contributed by atoms with van der Waals surface area (Å²) >= 11 is 81.5. The van der Waals surface area contributed by atoms with Crippen molar-refractivity contribution >= 4 is 181 Å². The van der Waals surface area contributed by atoms with Gasteiger partial charge in [-0.15, -0.1) is 0 Å². The molecule has 0 amide bonds. The van der Waals surface area contributed by atoms with E-state index in [9.17, 15) is 33.6 Å². The predicted molar refractivity (Wildman–Crippen MR) is 274 cm³/mol. The summed E-state index contributed by atoms with van der Waals surface area (Å²) in [7, 11) is 0. The Kier molecular flexibility index (Phi) is 22.5. The van der Waals surface area contributed by atoms with Crippen LogP contribution >= 0.6 is 139 Å². The quantitative estimate of drug-likeness (QED) is 0.0563. The number of benzene rings is 3. The van der Waals surface area contributed by atoms with Crippen LogP contribution in [0.2, 0.25) is 60.3 Å². The van der Waals surface area contributed by atoms with Gasteiger partial charge >= 0.3 is 41.8 Å². The van der Waals surface area contributed by atoms with Gasteiger partial charge in [0, 0.05) is 65.2 Å². The maximum Gasteiger partial charge on any atom is 0.303 e. The maximum absolute atomic E-state index is 13.1. The van der Waals surface area contributed by atoms with Crippen molar-refractivity contribution < 1.29 is 85.7 Å². The second-order valence-electron chi connectivity index (χ2n) is 15.8. The summed E-state index contributed by atoms with van der Waals surface area (Å²) in [6.07, 6.45) is -18.3. The SMILES string of the molecule is CC(=O)OC[C@H]1O[C@H](O[C@H]2[C@H](OC(C)=O)[C@@H](OC(C)=O)C(Oc3c(Cl)c(Cl)c([C](c4c(Cl)c(Cl)cc(Cl)c4Cl)c4c(Cl)c(Cl)cc(Cl)c4Cl)c(Cl)c3Cl)O[C@@H]2COC(C)=O)[C@H](OC(C)=O)[C@@H](OC(C)=O)[C@@H]1OC(C)=O. The molecule has 2 aliphatic heterocycles. The van der Waals surface area contributed by atoms with E-state index >= 15 is 0 Å². The van der Waals surface area contributed by atoms with Crippen molar-refractivity contribution in [1.29, 1.82) is 0 Å². The molecule has 10 atom stereocenters. The molecule has 2 fully saturated rings. The zero-order chi connectivity index (χ0) is 56.2. The number of rotatable bonds is 16. The number of carbonyl (C=O) groups excluding carboxylic acids is 7. The van der Waals surface area contributed by atoms with E-state index in [0.717, 1.165) is 48.5 Å². The highest BCUT2D eigenvalue weighted by Gasteiger charge is 2.58. The topological polar surface area (TPSA) is 221 Å². The number of hydrogen-bond acceptors (Lipinski definition) is 18. The van der Waals surface area contributed by atoms with Crippen molar-refractivity contribution in [3.63, 3.8) is 0 Å². The molecule has 3 aromatic rings. The van der Waals surface area contributed by atoms with Crippen molar-refractivity contribution in [1.82, 2.24) is 0 Å². The molecular formula is C45H37Cl12O18. The van der Waals surface area contributed by atoms with Crippen molar-refractivity contribution in [2.75, 3.05) is 13.2 Å². The Morgan fingerprint density at radius 2 is 0.693 bits per heavy atom. The average Bonchev–Trinajstić information content (AvgIpc) is 3.29. The minimum atomic E-state index is -2.03. The van der Waals surface area contributed by atoms with Crippen molar-refractivity contribution in [3.05, 3.63) is 95.0 Å². The van der Waals surface area contributed by atoms with Crippen LogP contribution in [0, 0.1) is 5.92 Å². The lowest BCUT2D eigenvalue weighted by molar-refractivity contribution is -0.354. The molecule has 3 aromatic carbocycles. The number of halogens is 12. The first-order valence-corrected chi connectivity index (χ1v) is 25.7. The summed E-state index contributed by atoms with van der Waals surface area (Å²) in [5, 5.41) is -3.60. The highest BCUT2D eigenvalue weighted by atomic mass is 35.5. The molecule has 409 valence electrons. The molecule has 75 heavy (non-hydrogen) atoms. The zero-order valence-corrected chi connectivity index (χ0v) is 48.3. The fourth-order valence-corrected chi connectivity index (χ4v) is 10.7. The molecule has 0 spiro atoms. The van der Waals surface area contributed by atoms with Crippen molar-refractivity contribution in [2.24, 2.45) is 0 Å². The molecule has 2 aliphatic rings. The molecule has 0 bridgehead atoms. The number of hydrogen-bond donors (Lipinski definition) is 0. The van der Waals surface area contributed by atoms with Crippen LogP contribution in [-0.2, 0) is 80.9 Å². The first-order valence-electron chi connectivity index (χ1n) is 21.1. The molecule has 5 rings (SSSR count). The summed E-state index contributed by atoms with van der Waals surface area (Å²) in [4.78, 5) is 88.2. The molecule has 0 aliphatic carbocycles. The molecule has 1 unspecified atom stereocenters. The molecule has 30 heteroatoms. The van der Waals surface area contributed by atoms with Crippen LogP contribution in [0.4, 0.5) is 0 Å². The van der Waals surface area contributed by atoms with Crippen LogP contribution in [0.5, 0.6) is 5.75 Å². The van der Waals surface area contributed by atoms with E-state index in [2.05, 4.69) is 0 Å². The third-order valence-corrected chi connectivity index (χ3v) is 15.1. The Morgan fingerprint density at radius 1 is 0.387 bits per heavy atom. The first-order chi connectivity index (χ1) is 35.0. The summed E-state index contributed by atoms with van der Waals surface area (Å²) in [6, 6.07) is 2.48.